The normalized spacial score (nSPS) is 18.7. The van der Waals surface area contributed by atoms with E-state index in [9.17, 15) is 0 Å². The van der Waals surface area contributed by atoms with E-state index in [-0.39, 0.29) is 0 Å². The Morgan fingerprint density at radius 2 is 2.04 bits per heavy atom. The van der Waals surface area contributed by atoms with Gasteiger partial charge >= 0.3 is 0 Å². The molecule has 2 aromatic carbocycles. The van der Waals surface area contributed by atoms with Crippen molar-refractivity contribution in [1.29, 1.82) is 0 Å². The number of hydrogen-bond acceptors (Lipinski definition) is 3. The van der Waals surface area contributed by atoms with Crippen LogP contribution in [0.5, 0.6) is 0 Å². The molecule has 1 N–H and O–H groups in total. The third-order valence-corrected chi connectivity index (χ3v) is 5.54. The Kier molecular flexibility index (Phi) is 3.93. The number of hydrogen-bond donors (Lipinski definition) is 1. The lowest BCUT2D eigenvalue weighted by Crippen LogP contribution is -2.06. The predicted octanol–water partition coefficient (Wildman–Crippen LogP) is 4.03. The van der Waals surface area contributed by atoms with Crippen LogP contribution in [0, 0.1) is 5.92 Å². The van der Waals surface area contributed by atoms with E-state index in [1.165, 1.54) is 28.9 Å². The van der Waals surface area contributed by atoms with E-state index in [0.717, 1.165) is 18.6 Å². The number of rotatable bonds is 6. The minimum Gasteiger partial charge on any atom is -0.385 e. The summed E-state index contributed by atoms with van der Waals surface area (Å²) in [5.74, 6) is 1.34. The zero-order valence-corrected chi connectivity index (χ0v) is 15.4. The van der Waals surface area contributed by atoms with Crippen molar-refractivity contribution in [1.82, 2.24) is 19.3 Å². The molecule has 0 saturated heterocycles. The van der Waals surface area contributed by atoms with Crippen LogP contribution < -0.4 is 5.32 Å². The van der Waals surface area contributed by atoms with Crippen LogP contribution in [0.2, 0.25) is 0 Å². The van der Waals surface area contributed by atoms with Gasteiger partial charge in [-0.15, -0.1) is 0 Å². The van der Waals surface area contributed by atoms with E-state index in [0.29, 0.717) is 11.8 Å². The molecule has 0 radical (unpaired) electrons. The molecular weight excluding hydrogens is 334 g/mol. The monoisotopic (exact) mass is 357 g/mol. The zero-order chi connectivity index (χ0) is 18.2. The third kappa shape index (κ3) is 3.21. The number of imidazole rings is 1. The van der Waals surface area contributed by atoms with Gasteiger partial charge in [-0.1, -0.05) is 24.3 Å². The van der Waals surface area contributed by atoms with Crippen LogP contribution in [0.3, 0.4) is 0 Å². The van der Waals surface area contributed by atoms with E-state index >= 15 is 0 Å². The Balaban J connectivity index is 1.24. The van der Waals surface area contributed by atoms with Gasteiger partial charge in [0.25, 0.3) is 0 Å². The van der Waals surface area contributed by atoms with Crippen molar-refractivity contribution >= 4 is 16.7 Å². The van der Waals surface area contributed by atoms with E-state index < -0.39 is 0 Å². The molecule has 0 aliphatic heterocycles. The molecule has 0 bridgehead atoms. The van der Waals surface area contributed by atoms with Gasteiger partial charge in [-0.3, -0.25) is 4.68 Å². The number of fused-ring (bicyclic) bond motifs is 1. The van der Waals surface area contributed by atoms with Crippen LogP contribution >= 0.6 is 0 Å². The van der Waals surface area contributed by atoms with Gasteiger partial charge in [0.15, 0.2) is 0 Å². The maximum atomic E-state index is 4.49. The first-order valence-corrected chi connectivity index (χ1v) is 9.48. The van der Waals surface area contributed by atoms with Crippen molar-refractivity contribution in [3.63, 3.8) is 0 Å². The van der Waals surface area contributed by atoms with E-state index in [4.69, 9.17) is 0 Å². The van der Waals surface area contributed by atoms with Crippen LogP contribution in [0.4, 0.5) is 5.69 Å². The molecule has 1 aliphatic carbocycles. The van der Waals surface area contributed by atoms with Crippen molar-refractivity contribution in [2.24, 2.45) is 13.0 Å². The van der Waals surface area contributed by atoms with Crippen LogP contribution in [0.15, 0.2) is 67.1 Å². The summed E-state index contributed by atoms with van der Waals surface area (Å²) in [5, 5.41) is 7.91. The second kappa shape index (κ2) is 6.58. The Bertz CT molecular complexity index is 1080. The minimum atomic E-state index is 0.644. The molecule has 2 heterocycles. The number of aromatic nitrogens is 4. The first kappa shape index (κ1) is 16.1. The summed E-state index contributed by atoms with van der Waals surface area (Å²) < 4.78 is 4.20. The molecule has 1 saturated carbocycles. The van der Waals surface area contributed by atoms with Gasteiger partial charge in [-0.2, -0.15) is 5.10 Å². The molecule has 0 amide bonds. The van der Waals surface area contributed by atoms with Gasteiger partial charge in [-0.05, 0) is 48.2 Å². The number of nitrogens with one attached hydrogen (secondary N) is 1. The standard InChI is InChI=1S/C22H23N5/c1-26-21(9-10-25-26)19-12-17(19)13-23-18-6-4-5-16(11-18)14-27-15-24-20-7-2-3-8-22(20)27/h2-11,15,17,19,23H,12-14H2,1H3/t17-,19+/m0/s1. The number of para-hydroxylation sites is 2. The summed E-state index contributed by atoms with van der Waals surface area (Å²) in [5.41, 5.74) is 6.03. The van der Waals surface area contributed by atoms with Gasteiger partial charge in [0.05, 0.1) is 17.4 Å². The highest BCUT2D eigenvalue weighted by Crippen LogP contribution is 2.47. The molecule has 1 fully saturated rings. The lowest BCUT2D eigenvalue weighted by atomic mass is 10.2. The smallest absolute Gasteiger partial charge is 0.0961 e. The third-order valence-electron chi connectivity index (χ3n) is 5.54. The molecule has 0 spiro atoms. The van der Waals surface area contributed by atoms with Gasteiger partial charge in [-0.25, -0.2) is 4.98 Å². The molecule has 2 aromatic heterocycles. The van der Waals surface area contributed by atoms with E-state index in [1.807, 2.05) is 30.3 Å². The largest absolute Gasteiger partial charge is 0.385 e. The lowest BCUT2D eigenvalue weighted by Gasteiger charge is -2.10. The topological polar surface area (TPSA) is 47.7 Å². The highest BCUT2D eigenvalue weighted by Gasteiger charge is 2.39. The molecule has 136 valence electrons. The summed E-state index contributed by atoms with van der Waals surface area (Å²) in [7, 11) is 2.03. The Hall–Kier alpha value is -3.08. The molecule has 2 atom stereocenters. The zero-order valence-electron chi connectivity index (χ0n) is 15.4. The first-order valence-electron chi connectivity index (χ1n) is 9.48. The Labute approximate surface area is 158 Å². The first-order chi connectivity index (χ1) is 13.3. The average molecular weight is 357 g/mol. The molecule has 5 rings (SSSR count). The van der Waals surface area contributed by atoms with Crippen LogP contribution in [0.1, 0.15) is 23.6 Å². The quantitative estimate of drug-likeness (QED) is 0.567. The second-order valence-electron chi connectivity index (χ2n) is 7.42. The molecule has 5 nitrogen and oxygen atoms in total. The van der Waals surface area contributed by atoms with Gasteiger partial charge in [0, 0.05) is 43.6 Å². The minimum absolute atomic E-state index is 0.644. The highest BCUT2D eigenvalue weighted by atomic mass is 15.3. The predicted molar refractivity (Wildman–Crippen MR) is 108 cm³/mol. The summed E-state index contributed by atoms with van der Waals surface area (Å²) in [4.78, 5) is 4.49. The molecule has 1 aliphatic rings. The second-order valence-corrected chi connectivity index (χ2v) is 7.42. The summed E-state index contributed by atoms with van der Waals surface area (Å²) in [6.07, 6.45) is 5.06. The number of nitrogens with zero attached hydrogens (tertiary/aromatic N) is 4. The average Bonchev–Trinajstić information content (AvgIpc) is 3.15. The van der Waals surface area contributed by atoms with Crippen molar-refractivity contribution in [3.05, 3.63) is 78.4 Å². The summed E-state index contributed by atoms with van der Waals surface area (Å²) in [6.45, 7) is 1.84. The molecule has 27 heavy (non-hydrogen) atoms. The lowest BCUT2D eigenvalue weighted by molar-refractivity contribution is 0.694. The Morgan fingerprint density at radius 3 is 2.93 bits per heavy atom. The fraction of sp³-hybridized carbons (Fsp3) is 0.273. The molecule has 5 heteroatoms. The van der Waals surface area contributed by atoms with E-state index in [2.05, 4.69) is 68.5 Å². The van der Waals surface area contributed by atoms with Crippen molar-refractivity contribution < 1.29 is 0 Å². The number of benzene rings is 2. The van der Waals surface area contributed by atoms with E-state index in [1.54, 1.807) is 0 Å². The van der Waals surface area contributed by atoms with Gasteiger partial charge in [0.1, 0.15) is 0 Å². The van der Waals surface area contributed by atoms with Crippen LogP contribution in [0.25, 0.3) is 11.0 Å². The molecule has 0 unspecified atom stereocenters. The van der Waals surface area contributed by atoms with Crippen molar-refractivity contribution in [2.45, 2.75) is 18.9 Å². The molecular formula is C22H23N5. The van der Waals surface area contributed by atoms with Gasteiger partial charge < -0.3 is 9.88 Å². The van der Waals surface area contributed by atoms with Crippen molar-refractivity contribution in [3.8, 4) is 0 Å². The van der Waals surface area contributed by atoms with Crippen LogP contribution in [-0.2, 0) is 13.6 Å². The summed E-state index contributed by atoms with van der Waals surface area (Å²) >= 11 is 0. The fourth-order valence-electron chi connectivity index (χ4n) is 3.94. The van der Waals surface area contributed by atoms with Crippen LogP contribution in [-0.4, -0.2) is 25.9 Å². The SMILES string of the molecule is Cn1nccc1[C@@H]1C[C@H]1CNc1cccc(Cn2cnc3ccccc32)c1. The highest BCUT2D eigenvalue weighted by molar-refractivity contribution is 5.75. The maximum Gasteiger partial charge on any atom is 0.0961 e. The Morgan fingerprint density at radius 1 is 1.11 bits per heavy atom. The number of aryl methyl sites for hydroxylation is 1. The molecule has 4 aromatic rings. The van der Waals surface area contributed by atoms with Crippen molar-refractivity contribution in [2.75, 3.05) is 11.9 Å². The summed E-state index contributed by atoms with van der Waals surface area (Å²) in [6, 6.07) is 19.1. The number of anilines is 1. The fourth-order valence-corrected chi connectivity index (χ4v) is 3.94. The maximum absolute atomic E-state index is 4.49. The van der Waals surface area contributed by atoms with Gasteiger partial charge in [0.2, 0.25) is 0 Å².